The van der Waals surface area contributed by atoms with E-state index in [4.69, 9.17) is 4.74 Å². The molecule has 1 aromatic heterocycles. The van der Waals surface area contributed by atoms with Crippen molar-refractivity contribution >= 4 is 0 Å². The van der Waals surface area contributed by atoms with Crippen LogP contribution in [0.25, 0.3) is 0 Å². The van der Waals surface area contributed by atoms with Gasteiger partial charge in [-0.2, -0.15) is 0 Å². The molecule has 4 nitrogen and oxygen atoms in total. The Labute approximate surface area is 96.4 Å². The van der Waals surface area contributed by atoms with Gasteiger partial charge in [0.2, 0.25) is 0 Å². The first-order valence-corrected chi connectivity index (χ1v) is 5.89. The van der Waals surface area contributed by atoms with Gasteiger partial charge in [-0.15, -0.1) is 0 Å². The van der Waals surface area contributed by atoms with E-state index in [0.29, 0.717) is 0 Å². The van der Waals surface area contributed by atoms with Crippen LogP contribution in [0, 0.1) is 6.92 Å². The number of fused-ring (bicyclic) bond motifs is 1. The quantitative estimate of drug-likeness (QED) is 0.814. The molecule has 1 aliphatic rings. The highest BCUT2D eigenvalue weighted by atomic mass is 16.5. The fourth-order valence-electron chi connectivity index (χ4n) is 2.04. The third kappa shape index (κ3) is 2.57. The number of nitrogens with zero attached hydrogens (tertiary/aromatic N) is 2. The lowest BCUT2D eigenvalue weighted by Gasteiger charge is -2.09. The van der Waals surface area contributed by atoms with E-state index in [1.54, 1.807) is 0 Å². The zero-order valence-electron chi connectivity index (χ0n) is 10.0. The summed E-state index contributed by atoms with van der Waals surface area (Å²) in [5.74, 6) is 0.951. The van der Waals surface area contributed by atoms with Crippen molar-refractivity contribution in [2.24, 2.45) is 0 Å². The standard InChI is InChI=1S/C12H19N3O/c1-9-10-4-7-16-8-5-11(10)15-12(14-9)3-6-13-2/h13H,3-8H2,1-2H3. The monoisotopic (exact) mass is 221 g/mol. The van der Waals surface area contributed by atoms with Crippen LogP contribution in [0.1, 0.15) is 22.8 Å². The number of aryl methyl sites for hydroxylation is 1. The maximum Gasteiger partial charge on any atom is 0.130 e. The molecule has 0 aromatic carbocycles. The van der Waals surface area contributed by atoms with Gasteiger partial charge in [-0.05, 0) is 26.0 Å². The summed E-state index contributed by atoms with van der Waals surface area (Å²) in [7, 11) is 1.95. The fourth-order valence-corrected chi connectivity index (χ4v) is 2.04. The lowest BCUT2D eigenvalue weighted by molar-refractivity contribution is 0.146. The minimum atomic E-state index is 0.787. The normalized spacial score (nSPS) is 15.6. The minimum Gasteiger partial charge on any atom is -0.381 e. The number of likely N-dealkylation sites (N-methyl/N-ethyl adjacent to an activating group) is 1. The highest BCUT2D eigenvalue weighted by Crippen LogP contribution is 2.15. The van der Waals surface area contributed by atoms with Gasteiger partial charge in [0.05, 0.1) is 13.2 Å². The second-order valence-corrected chi connectivity index (χ2v) is 4.12. The van der Waals surface area contributed by atoms with Crippen molar-refractivity contribution in [1.29, 1.82) is 0 Å². The topological polar surface area (TPSA) is 47.0 Å². The van der Waals surface area contributed by atoms with Crippen LogP contribution in [0.2, 0.25) is 0 Å². The van der Waals surface area contributed by atoms with Crippen molar-refractivity contribution in [3.05, 3.63) is 22.8 Å². The average Bonchev–Trinajstić information content (AvgIpc) is 2.51. The zero-order chi connectivity index (χ0) is 11.4. The molecule has 1 aromatic rings. The average molecular weight is 221 g/mol. The molecular weight excluding hydrogens is 202 g/mol. The Morgan fingerprint density at radius 3 is 2.88 bits per heavy atom. The van der Waals surface area contributed by atoms with Crippen LogP contribution >= 0.6 is 0 Å². The minimum absolute atomic E-state index is 0.787. The van der Waals surface area contributed by atoms with E-state index < -0.39 is 0 Å². The summed E-state index contributed by atoms with van der Waals surface area (Å²) < 4.78 is 5.47. The van der Waals surface area contributed by atoms with Crippen molar-refractivity contribution in [2.45, 2.75) is 26.2 Å². The third-order valence-corrected chi connectivity index (χ3v) is 2.92. The van der Waals surface area contributed by atoms with Crippen LogP contribution < -0.4 is 5.32 Å². The molecule has 1 aliphatic heterocycles. The first-order chi connectivity index (χ1) is 7.81. The van der Waals surface area contributed by atoms with Gasteiger partial charge in [0.1, 0.15) is 5.82 Å². The molecule has 16 heavy (non-hydrogen) atoms. The van der Waals surface area contributed by atoms with E-state index in [1.165, 1.54) is 11.3 Å². The first-order valence-electron chi connectivity index (χ1n) is 5.89. The van der Waals surface area contributed by atoms with Crippen molar-refractivity contribution in [1.82, 2.24) is 15.3 Å². The Morgan fingerprint density at radius 2 is 2.06 bits per heavy atom. The highest BCUT2D eigenvalue weighted by molar-refractivity contribution is 5.26. The summed E-state index contributed by atoms with van der Waals surface area (Å²) >= 11 is 0. The molecule has 1 N–H and O–H groups in total. The van der Waals surface area contributed by atoms with Gasteiger partial charge < -0.3 is 10.1 Å². The maximum atomic E-state index is 5.47. The van der Waals surface area contributed by atoms with Crippen molar-refractivity contribution in [3.63, 3.8) is 0 Å². The number of hydrogen-bond acceptors (Lipinski definition) is 4. The lowest BCUT2D eigenvalue weighted by Crippen LogP contribution is -2.15. The van der Waals surface area contributed by atoms with E-state index in [1.807, 2.05) is 7.05 Å². The van der Waals surface area contributed by atoms with Gasteiger partial charge in [-0.3, -0.25) is 0 Å². The van der Waals surface area contributed by atoms with Gasteiger partial charge in [0.15, 0.2) is 0 Å². The van der Waals surface area contributed by atoms with Crippen molar-refractivity contribution in [3.8, 4) is 0 Å². The smallest absolute Gasteiger partial charge is 0.130 e. The predicted octanol–water partition coefficient (Wildman–Crippen LogP) is 0.662. The van der Waals surface area contributed by atoms with Crippen LogP contribution in [0.4, 0.5) is 0 Å². The molecule has 0 saturated carbocycles. The summed E-state index contributed by atoms with van der Waals surface area (Å²) in [5.41, 5.74) is 3.61. The Hall–Kier alpha value is -1.00. The maximum absolute atomic E-state index is 5.47. The summed E-state index contributed by atoms with van der Waals surface area (Å²) in [5, 5.41) is 3.12. The summed E-state index contributed by atoms with van der Waals surface area (Å²) in [6.07, 6.45) is 2.77. The second kappa shape index (κ2) is 5.37. The molecule has 0 bridgehead atoms. The van der Waals surface area contributed by atoms with E-state index in [9.17, 15) is 0 Å². The SMILES string of the molecule is CNCCc1nc(C)c2c(n1)CCOCC2. The van der Waals surface area contributed by atoms with Crippen LogP contribution in [0.15, 0.2) is 0 Å². The number of aromatic nitrogens is 2. The van der Waals surface area contributed by atoms with Crippen LogP contribution in [0.5, 0.6) is 0 Å². The molecule has 4 heteroatoms. The van der Waals surface area contributed by atoms with Crippen molar-refractivity contribution in [2.75, 3.05) is 26.8 Å². The molecule has 88 valence electrons. The molecule has 0 atom stereocenters. The molecule has 0 amide bonds. The van der Waals surface area contributed by atoms with Crippen LogP contribution in [0.3, 0.4) is 0 Å². The van der Waals surface area contributed by atoms with E-state index in [0.717, 1.165) is 50.5 Å². The van der Waals surface area contributed by atoms with E-state index in [-0.39, 0.29) is 0 Å². The molecule has 0 radical (unpaired) electrons. The van der Waals surface area contributed by atoms with Crippen molar-refractivity contribution < 1.29 is 4.74 Å². The molecule has 0 aliphatic carbocycles. The summed E-state index contributed by atoms with van der Waals surface area (Å²) in [4.78, 5) is 9.20. The van der Waals surface area contributed by atoms with Gasteiger partial charge in [0.25, 0.3) is 0 Å². The highest BCUT2D eigenvalue weighted by Gasteiger charge is 2.14. The number of ether oxygens (including phenoxy) is 1. The summed E-state index contributed by atoms with van der Waals surface area (Å²) in [6, 6.07) is 0. The largest absolute Gasteiger partial charge is 0.381 e. The Bertz CT molecular complexity index is 366. The first kappa shape index (κ1) is 11.5. The third-order valence-electron chi connectivity index (χ3n) is 2.92. The number of nitrogens with one attached hydrogen (secondary N) is 1. The van der Waals surface area contributed by atoms with Gasteiger partial charge in [-0.25, -0.2) is 9.97 Å². The van der Waals surface area contributed by atoms with E-state index >= 15 is 0 Å². The fraction of sp³-hybridized carbons (Fsp3) is 0.667. The summed E-state index contributed by atoms with van der Waals surface area (Å²) in [6.45, 7) is 4.59. The van der Waals surface area contributed by atoms with E-state index in [2.05, 4.69) is 22.2 Å². The van der Waals surface area contributed by atoms with Gasteiger partial charge in [-0.1, -0.05) is 0 Å². The molecule has 2 heterocycles. The van der Waals surface area contributed by atoms with Gasteiger partial charge in [0, 0.05) is 30.8 Å². The molecular formula is C12H19N3O. The molecule has 0 saturated heterocycles. The number of hydrogen-bond donors (Lipinski definition) is 1. The number of rotatable bonds is 3. The lowest BCUT2D eigenvalue weighted by atomic mass is 10.1. The Kier molecular flexibility index (Phi) is 3.85. The van der Waals surface area contributed by atoms with Gasteiger partial charge >= 0.3 is 0 Å². The molecule has 0 spiro atoms. The van der Waals surface area contributed by atoms with Crippen LogP contribution in [-0.4, -0.2) is 36.8 Å². The Balaban J connectivity index is 2.24. The van der Waals surface area contributed by atoms with Crippen LogP contribution in [-0.2, 0) is 24.0 Å². The second-order valence-electron chi connectivity index (χ2n) is 4.12. The molecule has 2 rings (SSSR count). The predicted molar refractivity (Wildman–Crippen MR) is 62.6 cm³/mol. The zero-order valence-corrected chi connectivity index (χ0v) is 10.0. The Morgan fingerprint density at radius 1 is 1.25 bits per heavy atom. The molecule has 0 unspecified atom stereocenters. The molecule has 0 fully saturated rings.